The smallest absolute Gasteiger partial charge is 0.309 e. The largest absolute Gasteiger partial charge is 0.481 e. The molecule has 3 saturated carbocycles. The van der Waals surface area contributed by atoms with Crippen LogP contribution in [0.25, 0.3) is 21.9 Å². The van der Waals surface area contributed by atoms with Crippen molar-refractivity contribution in [3.63, 3.8) is 0 Å². The first-order chi connectivity index (χ1) is 15.4. The van der Waals surface area contributed by atoms with Gasteiger partial charge in [-0.15, -0.1) is 0 Å². The lowest BCUT2D eigenvalue weighted by molar-refractivity contribution is -0.230. The molecular formula is C25H23N3O4. The van der Waals surface area contributed by atoms with Gasteiger partial charge in [0.2, 0.25) is 0 Å². The number of carboxylic acid groups (broad SMARTS) is 1. The molecule has 7 heteroatoms. The molecule has 3 aromatic heterocycles. The number of furan rings is 1. The molecule has 7 nitrogen and oxygen atoms in total. The first-order valence-corrected chi connectivity index (χ1v) is 10.8. The van der Waals surface area contributed by atoms with Gasteiger partial charge in [0.1, 0.15) is 11.3 Å². The summed E-state index contributed by atoms with van der Waals surface area (Å²) < 4.78 is 7.98. The number of aromatic nitrogens is 2. The summed E-state index contributed by atoms with van der Waals surface area (Å²) in [4.78, 5) is 28.9. The van der Waals surface area contributed by atoms with Crippen molar-refractivity contribution in [3.05, 3.63) is 66.3 Å². The summed E-state index contributed by atoms with van der Waals surface area (Å²) in [5.41, 5.74) is 1.51. The highest BCUT2D eigenvalue weighted by Crippen LogP contribution is 2.74. The van der Waals surface area contributed by atoms with Gasteiger partial charge in [-0.1, -0.05) is 18.2 Å². The van der Waals surface area contributed by atoms with Gasteiger partial charge >= 0.3 is 5.97 Å². The van der Waals surface area contributed by atoms with Crippen molar-refractivity contribution in [1.29, 1.82) is 0 Å². The molecule has 1 amide bonds. The Bertz CT molecular complexity index is 1350. The molecule has 2 N–H and O–H groups in total. The Kier molecular flexibility index (Phi) is 3.85. The molecular weight excluding hydrogens is 406 g/mol. The van der Waals surface area contributed by atoms with Gasteiger partial charge in [0.15, 0.2) is 0 Å². The fourth-order valence-electron chi connectivity index (χ4n) is 5.72. The van der Waals surface area contributed by atoms with E-state index in [1.807, 2.05) is 54.1 Å². The van der Waals surface area contributed by atoms with E-state index in [1.165, 1.54) is 0 Å². The lowest BCUT2D eigenvalue weighted by Gasteiger charge is -2.70. The van der Waals surface area contributed by atoms with Gasteiger partial charge in [-0.3, -0.25) is 14.6 Å². The molecule has 0 radical (unpaired) electrons. The fraction of sp³-hybridized carbons (Fsp3) is 0.320. The van der Waals surface area contributed by atoms with Crippen LogP contribution in [0, 0.1) is 10.8 Å². The molecule has 0 unspecified atom stereocenters. The summed E-state index contributed by atoms with van der Waals surface area (Å²) in [6.07, 6.45) is 7.21. The number of carboxylic acids is 1. The van der Waals surface area contributed by atoms with E-state index in [0.717, 1.165) is 27.6 Å². The predicted octanol–water partition coefficient (Wildman–Crippen LogP) is 4.20. The molecule has 7 rings (SSSR count). The summed E-state index contributed by atoms with van der Waals surface area (Å²) in [5, 5.41) is 14.4. The van der Waals surface area contributed by atoms with Crippen LogP contribution in [0.2, 0.25) is 0 Å². The SMILES string of the molecule is C[C@H](NC(=O)c1cncc2ccn(Cc3cc4ccccc4o3)c12)C12CC(C(=O)O)(C1)C2. The van der Waals surface area contributed by atoms with Gasteiger partial charge in [0.05, 0.1) is 23.0 Å². The normalized spacial score (nSPS) is 24.7. The standard InChI is InChI=1S/C25H23N3O4/c1-15(24-12-25(13-24,14-24)23(30)31)27-22(29)19-10-26-9-17-6-7-28(21(17)19)11-18-8-16-4-2-3-5-20(16)32-18/h2-10,15H,11-14H2,1H3,(H,27,29)(H,30,31)/t15-,24?,25?/m0/s1. The predicted molar refractivity (Wildman–Crippen MR) is 118 cm³/mol. The Morgan fingerprint density at radius 1 is 1.19 bits per heavy atom. The summed E-state index contributed by atoms with van der Waals surface area (Å²) >= 11 is 0. The Labute approximate surface area is 184 Å². The third kappa shape index (κ3) is 2.63. The molecule has 3 aliphatic rings. The molecule has 0 saturated heterocycles. The Morgan fingerprint density at radius 2 is 1.97 bits per heavy atom. The van der Waals surface area contributed by atoms with Crippen LogP contribution in [0.15, 0.2) is 59.4 Å². The number of hydrogen-bond donors (Lipinski definition) is 2. The topological polar surface area (TPSA) is 97.4 Å². The molecule has 1 aromatic carbocycles. The average molecular weight is 429 g/mol. The molecule has 162 valence electrons. The van der Waals surface area contributed by atoms with Crippen LogP contribution in [0.4, 0.5) is 0 Å². The van der Waals surface area contributed by atoms with Crippen molar-refractivity contribution >= 4 is 33.7 Å². The van der Waals surface area contributed by atoms with Gasteiger partial charge in [-0.25, -0.2) is 0 Å². The van der Waals surface area contributed by atoms with Crippen molar-refractivity contribution in [3.8, 4) is 0 Å². The maximum Gasteiger partial charge on any atom is 0.309 e. The van der Waals surface area contributed by atoms with Crippen molar-refractivity contribution in [2.24, 2.45) is 10.8 Å². The minimum atomic E-state index is -0.713. The number of para-hydroxylation sites is 1. The van der Waals surface area contributed by atoms with Crippen molar-refractivity contribution in [1.82, 2.24) is 14.9 Å². The van der Waals surface area contributed by atoms with Crippen LogP contribution in [0.3, 0.4) is 0 Å². The third-order valence-electron chi connectivity index (χ3n) is 7.51. The lowest BCUT2D eigenvalue weighted by Crippen LogP contribution is -2.71. The highest BCUT2D eigenvalue weighted by Gasteiger charge is 2.73. The second-order valence-corrected chi connectivity index (χ2v) is 9.49. The van der Waals surface area contributed by atoms with Crippen molar-refractivity contribution < 1.29 is 19.1 Å². The van der Waals surface area contributed by atoms with Crippen LogP contribution < -0.4 is 5.32 Å². The first kappa shape index (κ1) is 19.1. The molecule has 32 heavy (non-hydrogen) atoms. The number of rotatable bonds is 6. The number of carbonyl (C=O) groups excluding carboxylic acids is 1. The number of hydrogen-bond acceptors (Lipinski definition) is 4. The zero-order valence-electron chi connectivity index (χ0n) is 17.7. The van der Waals surface area contributed by atoms with Crippen LogP contribution in [-0.4, -0.2) is 32.6 Å². The minimum Gasteiger partial charge on any atom is -0.481 e. The monoisotopic (exact) mass is 429 g/mol. The van der Waals surface area contributed by atoms with Gasteiger partial charge in [0, 0.05) is 35.4 Å². The number of fused-ring (bicyclic) bond motifs is 2. The zero-order chi connectivity index (χ0) is 22.1. The maximum atomic E-state index is 13.2. The highest BCUT2D eigenvalue weighted by molar-refractivity contribution is 6.05. The fourth-order valence-corrected chi connectivity index (χ4v) is 5.72. The minimum absolute atomic E-state index is 0.0916. The molecule has 0 spiro atoms. The molecule has 3 heterocycles. The van der Waals surface area contributed by atoms with Crippen LogP contribution in [0.1, 0.15) is 42.3 Å². The summed E-state index contributed by atoms with van der Waals surface area (Å²) in [7, 11) is 0. The van der Waals surface area contributed by atoms with Gasteiger partial charge in [-0.05, 0) is 49.8 Å². The summed E-state index contributed by atoms with van der Waals surface area (Å²) in [6, 6.07) is 11.8. The Balaban J connectivity index is 1.26. The second kappa shape index (κ2) is 6.45. The molecule has 2 bridgehead atoms. The lowest BCUT2D eigenvalue weighted by atomic mass is 9.33. The number of aliphatic carboxylic acids is 1. The van der Waals surface area contributed by atoms with E-state index in [2.05, 4.69) is 10.3 Å². The van der Waals surface area contributed by atoms with E-state index < -0.39 is 11.4 Å². The van der Waals surface area contributed by atoms with E-state index in [-0.39, 0.29) is 17.4 Å². The number of benzene rings is 1. The third-order valence-corrected chi connectivity index (χ3v) is 7.51. The number of amides is 1. The van der Waals surface area contributed by atoms with E-state index in [1.54, 1.807) is 12.4 Å². The van der Waals surface area contributed by atoms with Crippen molar-refractivity contribution in [2.75, 3.05) is 0 Å². The van der Waals surface area contributed by atoms with Crippen molar-refractivity contribution in [2.45, 2.75) is 38.8 Å². The van der Waals surface area contributed by atoms with Crippen LogP contribution in [0.5, 0.6) is 0 Å². The first-order valence-electron chi connectivity index (χ1n) is 10.8. The quantitative estimate of drug-likeness (QED) is 0.479. The average Bonchev–Trinajstić information content (AvgIpc) is 3.29. The summed E-state index contributed by atoms with van der Waals surface area (Å²) in [6.45, 7) is 2.48. The molecule has 3 aliphatic carbocycles. The molecule has 4 aromatic rings. The number of carbonyl (C=O) groups is 2. The van der Waals surface area contributed by atoms with E-state index in [4.69, 9.17) is 4.42 Å². The van der Waals surface area contributed by atoms with E-state index in [9.17, 15) is 14.7 Å². The molecule has 3 fully saturated rings. The number of nitrogens with zero attached hydrogens (tertiary/aromatic N) is 2. The Hall–Kier alpha value is -3.61. The van der Waals surface area contributed by atoms with E-state index in [0.29, 0.717) is 31.4 Å². The van der Waals surface area contributed by atoms with Crippen LogP contribution in [-0.2, 0) is 11.3 Å². The molecule has 1 atom stereocenters. The molecule has 0 aliphatic heterocycles. The van der Waals surface area contributed by atoms with Gasteiger partial charge < -0.3 is 19.4 Å². The Morgan fingerprint density at radius 3 is 2.72 bits per heavy atom. The van der Waals surface area contributed by atoms with Crippen LogP contribution >= 0.6 is 0 Å². The maximum absolute atomic E-state index is 13.2. The number of nitrogens with one attached hydrogen (secondary N) is 1. The number of pyridine rings is 1. The zero-order valence-corrected chi connectivity index (χ0v) is 17.7. The van der Waals surface area contributed by atoms with E-state index >= 15 is 0 Å². The van der Waals surface area contributed by atoms with Gasteiger partial charge in [0.25, 0.3) is 5.91 Å². The van der Waals surface area contributed by atoms with Gasteiger partial charge in [-0.2, -0.15) is 0 Å². The summed E-state index contributed by atoms with van der Waals surface area (Å²) in [5.74, 6) is -0.0855. The second-order valence-electron chi connectivity index (χ2n) is 9.49. The highest BCUT2D eigenvalue weighted by atomic mass is 16.4.